The van der Waals surface area contributed by atoms with Gasteiger partial charge in [-0.1, -0.05) is 58.9 Å². The summed E-state index contributed by atoms with van der Waals surface area (Å²) in [7, 11) is 0. The van der Waals surface area contributed by atoms with Gasteiger partial charge in [0.05, 0.1) is 11.9 Å². The van der Waals surface area contributed by atoms with Crippen molar-refractivity contribution in [3.8, 4) is 11.3 Å². The second-order valence-corrected chi connectivity index (χ2v) is 9.61. The molecule has 32 heavy (non-hydrogen) atoms. The number of carbonyl (C=O) groups is 1. The smallest absolute Gasteiger partial charge is 0.227 e. The molecule has 0 unspecified atom stereocenters. The Morgan fingerprint density at radius 1 is 1.03 bits per heavy atom. The number of nitrogens with zero attached hydrogens (tertiary/aromatic N) is 4. The highest BCUT2D eigenvalue weighted by molar-refractivity contribution is 7.20. The first kappa shape index (κ1) is 20.7. The molecule has 1 aliphatic rings. The van der Waals surface area contributed by atoms with E-state index in [0.717, 1.165) is 58.5 Å². The molecule has 3 heterocycles. The fourth-order valence-corrected chi connectivity index (χ4v) is 5.14. The average Bonchev–Trinajstić information content (AvgIpc) is 3.36. The van der Waals surface area contributed by atoms with E-state index in [0.29, 0.717) is 0 Å². The minimum atomic E-state index is 0.0316. The lowest BCUT2D eigenvalue weighted by Gasteiger charge is -2.30. The Kier molecular flexibility index (Phi) is 5.43. The van der Waals surface area contributed by atoms with Gasteiger partial charge in [-0.25, -0.2) is 9.50 Å². The molecule has 6 nitrogen and oxygen atoms in total. The number of nitrogens with one attached hydrogen (secondary N) is 1. The van der Waals surface area contributed by atoms with Crippen molar-refractivity contribution in [1.82, 2.24) is 14.6 Å². The number of carbonyl (C=O) groups excluding carboxylic acids is 1. The van der Waals surface area contributed by atoms with Gasteiger partial charge in [0, 0.05) is 30.3 Å². The fourth-order valence-electron chi connectivity index (χ4n) is 4.20. The maximum absolute atomic E-state index is 12.8. The van der Waals surface area contributed by atoms with E-state index in [1.807, 2.05) is 29.8 Å². The van der Waals surface area contributed by atoms with E-state index in [1.54, 1.807) is 11.3 Å². The van der Waals surface area contributed by atoms with Crippen molar-refractivity contribution in [2.24, 2.45) is 5.92 Å². The van der Waals surface area contributed by atoms with E-state index < -0.39 is 0 Å². The summed E-state index contributed by atoms with van der Waals surface area (Å²) in [5, 5.41) is 8.84. The lowest BCUT2D eigenvalue weighted by atomic mass is 9.96. The molecule has 1 aliphatic heterocycles. The molecule has 4 aromatic rings. The van der Waals surface area contributed by atoms with Gasteiger partial charge in [-0.05, 0) is 45.2 Å². The standard InChI is InChI=1S/C25H27N5OS/c1-16-4-7-19(8-5-16)22-15-30-24(27-22)32-25(28-30)29-12-10-20(11-13-29)23(31)26-21-9-6-17(2)14-18(21)3/h4-9,14-15,20H,10-13H2,1-3H3,(H,26,31). The normalized spacial score (nSPS) is 14.8. The Labute approximate surface area is 191 Å². The maximum Gasteiger partial charge on any atom is 0.227 e. The molecule has 2 aromatic carbocycles. The Hall–Kier alpha value is -3.19. The van der Waals surface area contributed by atoms with Crippen LogP contribution in [0.3, 0.4) is 0 Å². The minimum Gasteiger partial charge on any atom is -0.347 e. The summed E-state index contributed by atoms with van der Waals surface area (Å²) >= 11 is 1.60. The van der Waals surface area contributed by atoms with Gasteiger partial charge in [0.1, 0.15) is 0 Å². The van der Waals surface area contributed by atoms with Crippen molar-refractivity contribution in [3.05, 3.63) is 65.4 Å². The second-order valence-electron chi connectivity index (χ2n) is 8.67. The molecule has 1 N–H and O–H groups in total. The van der Waals surface area contributed by atoms with Gasteiger partial charge in [-0.3, -0.25) is 4.79 Å². The van der Waals surface area contributed by atoms with Gasteiger partial charge in [-0.2, -0.15) is 0 Å². The summed E-state index contributed by atoms with van der Waals surface area (Å²) in [6, 6.07) is 14.5. The van der Waals surface area contributed by atoms with Gasteiger partial charge in [0.15, 0.2) is 0 Å². The van der Waals surface area contributed by atoms with Crippen molar-refractivity contribution in [2.75, 3.05) is 23.3 Å². The Bertz CT molecular complexity index is 1230. The number of aromatic nitrogens is 3. The molecule has 0 atom stereocenters. The molecule has 0 spiro atoms. The summed E-state index contributed by atoms with van der Waals surface area (Å²) in [4.78, 5) is 20.7. The number of aryl methyl sites for hydroxylation is 3. The third-order valence-corrected chi connectivity index (χ3v) is 7.14. The molecule has 0 radical (unpaired) electrons. The van der Waals surface area contributed by atoms with E-state index in [9.17, 15) is 4.79 Å². The molecule has 0 bridgehead atoms. The van der Waals surface area contributed by atoms with Crippen LogP contribution in [-0.2, 0) is 4.79 Å². The summed E-state index contributed by atoms with van der Waals surface area (Å²) in [6.07, 6.45) is 3.64. The number of fused-ring (bicyclic) bond motifs is 1. The zero-order valence-electron chi connectivity index (χ0n) is 18.6. The summed E-state index contributed by atoms with van der Waals surface area (Å²) in [5.74, 6) is 0.150. The third kappa shape index (κ3) is 4.12. The van der Waals surface area contributed by atoms with E-state index in [4.69, 9.17) is 10.1 Å². The summed E-state index contributed by atoms with van der Waals surface area (Å²) < 4.78 is 1.87. The Morgan fingerprint density at radius 2 is 1.75 bits per heavy atom. The van der Waals surface area contributed by atoms with Crippen LogP contribution in [0.5, 0.6) is 0 Å². The lowest BCUT2D eigenvalue weighted by Crippen LogP contribution is -2.38. The van der Waals surface area contributed by atoms with Crippen LogP contribution >= 0.6 is 11.3 Å². The van der Waals surface area contributed by atoms with Crippen LogP contribution in [0, 0.1) is 26.7 Å². The maximum atomic E-state index is 12.8. The van der Waals surface area contributed by atoms with Crippen molar-refractivity contribution in [3.63, 3.8) is 0 Å². The molecular weight excluding hydrogens is 418 g/mol. The van der Waals surface area contributed by atoms with Crippen LogP contribution in [0.4, 0.5) is 10.8 Å². The van der Waals surface area contributed by atoms with Crippen molar-refractivity contribution in [1.29, 1.82) is 0 Å². The molecule has 2 aromatic heterocycles. The zero-order valence-corrected chi connectivity index (χ0v) is 19.4. The number of amides is 1. The number of anilines is 2. The SMILES string of the molecule is Cc1ccc(-c2cn3nc(N4CCC(C(=O)Nc5ccc(C)cc5C)CC4)sc3n2)cc1. The molecular formula is C25H27N5OS. The highest BCUT2D eigenvalue weighted by atomic mass is 32.1. The molecule has 0 saturated carbocycles. The number of imidazole rings is 1. The highest BCUT2D eigenvalue weighted by Crippen LogP contribution is 2.30. The molecule has 1 saturated heterocycles. The zero-order chi connectivity index (χ0) is 22.2. The molecule has 164 valence electrons. The average molecular weight is 446 g/mol. The first-order chi connectivity index (χ1) is 15.5. The number of rotatable bonds is 4. The van der Waals surface area contributed by atoms with Crippen molar-refractivity contribution < 1.29 is 4.79 Å². The summed E-state index contributed by atoms with van der Waals surface area (Å²) in [5.41, 5.74) is 6.50. The predicted molar refractivity (Wildman–Crippen MR) is 131 cm³/mol. The first-order valence-electron chi connectivity index (χ1n) is 11.0. The van der Waals surface area contributed by atoms with Gasteiger partial charge in [-0.15, -0.1) is 5.10 Å². The molecule has 1 fully saturated rings. The number of hydrogen-bond acceptors (Lipinski definition) is 5. The fraction of sp³-hybridized carbons (Fsp3) is 0.320. The van der Waals surface area contributed by atoms with Crippen LogP contribution in [-0.4, -0.2) is 33.6 Å². The van der Waals surface area contributed by atoms with Gasteiger partial charge >= 0.3 is 0 Å². The molecule has 1 amide bonds. The topological polar surface area (TPSA) is 62.5 Å². The number of hydrogen-bond donors (Lipinski definition) is 1. The lowest BCUT2D eigenvalue weighted by molar-refractivity contribution is -0.120. The van der Waals surface area contributed by atoms with E-state index >= 15 is 0 Å². The van der Waals surface area contributed by atoms with Gasteiger partial charge < -0.3 is 10.2 Å². The Morgan fingerprint density at radius 3 is 2.44 bits per heavy atom. The highest BCUT2D eigenvalue weighted by Gasteiger charge is 2.27. The Balaban J connectivity index is 1.22. The van der Waals surface area contributed by atoms with E-state index in [2.05, 4.69) is 54.4 Å². The second kappa shape index (κ2) is 8.39. The summed E-state index contributed by atoms with van der Waals surface area (Å²) in [6.45, 7) is 7.83. The number of piperidine rings is 1. The van der Waals surface area contributed by atoms with Crippen LogP contribution in [0.15, 0.2) is 48.7 Å². The van der Waals surface area contributed by atoms with Crippen LogP contribution in [0.1, 0.15) is 29.5 Å². The van der Waals surface area contributed by atoms with Crippen LogP contribution < -0.4 is 10.2 Å². The molecule has 0 aliphatic carbocycles. The largest absolute Gasteiger partial charge is 0.347 e. The van der Waals surface area contributed by atoms with Crippen LogP contribution in [0.2, 0.25) is 0 Å². The quantitative estimate of drug-likeness (QED) is 0.467. The monoisotopic (exact) mass is 445 g/mol. The van der Waals surface area contributed by atoms with Gasteiger partial charge in [0.2, 0.25) is 16.0 Å². The molecule has 7 heteroatoms. The van der Waals surface area contributed by atoms with Crippen LogP contribution in [0.25, 0.3) is 16.2 Å². The molecule has 5 rings (SSSR count). The van der Waals surface area contributed by atoms with Crippen molar-refractivity contribution >= 4 is 33.0 Å². The minimum absolute atomic E-state index is 0.0316. The number of benzene rings is 2. The van der Waals surface area contributed by atoms with E-state index in [1.165, 1.54) is 11.1 Å². The first-order valence-corrected chi connectivity index (χ1v) is 11.8. The predicted octanol–water partition coefficient (Wildman–Crippen LogP) is 5.24. The van der Waals surface area contributed by atoms with Gasteiger partial charge in [0.25, 0.3) is 0 Å². The van der Waals surface area contributed by atoms with Crippen molar-refractivity contribution in [2.45, 2.75) is 33.6 Å². The third-order valence-electron chi connectivity index (χ3n) is 6.16. The van der Waals surface area contributed by atoms with E-state index in [-0.39, 0.29) is 11.8 Å².